The zero-order chi connectivity index (χ0) is 26.1. The maximum atomic E-state index is 10.7. The molecule has 0 saturated carbocycles. The van der Waals surface area contributed by atoms with E-state index in [4.69, 9.17) is 24.0 Å². The van der Waals surface area contributed by atoms with E-state index in [9.17, 15) is 5.11 Å². The van der Waals surface area contributed by atoms with Crippen LogP contribution in [-0.4, -0.2) is 72.0 Å². The number of para-hydroxylation sites is 1. The number of rotatable bonds is 13. The number of aliphatic hydroxyl groups excluding tert-OH is 1. The van der Waals surface area contributed by atoms with E-state index in [0.717, 1.165) is 22.7 Å². The lowest BCUT2D eigenvalue weighted by Gasteiger charge is -2.27. The fourth-order valence-corrected chi connectivity index (χ4v) is 3.70. The summed E-state index contributed by atoms with van der Waals surface area (Å²) in [6.45, 7) is 10.3. The molecule has 2 aromatic carbocycles. The van der Waals surface area contributed by atoms with E-state index in [1.54, 1.807) is 14.2 Å². The third-order valence-electron chi connectivity index (χ3n) is 5.58. The molecule has 0 saturated heterocycles. The van der Waals surface area contributed by atoms with Crippen molar-refractivity contribution >= 4 is 0 Å². The Labute approximate surface area is 214 Å². The molecule has 3 rings (SSSR count). The van der Waals surface area contributed by atoms with Gasteiger partial charge in [0.25, 0.3) is 0 Å². The van der Waals surface area contributed by atoms with E-state index >= 15 is 0 Å². The average Bonchev–Trinajstić information content (AvgIpc) is 3.16. The quantitative estimate of drug-likeness (QED) is 0.370. The minimum atomic E-state index is -0.642. The molecule has 0 amide bonds. The Morgan fingerprint density at radius 2 is 1.67 bits per heavy atom. The first-order chi connectivity index (χ1) is 17.2. The molecule has 0 fully saturated rings. The Hall–Kier alpha value is -2.91. The van der Waals surface area contributed by atoms with E-state index in [-0.39, 0.29) is 12.2 Å². The summed E-state index contributed by atoms with van der Waals surface area (Å²) in [6.07, 6.45) is -0.642. The van der Waals surface area contributed by atoms with Gasteiger partial charge in [-0.2, -0.15) is 5.10 Å². The summed E-state index contributed by atoms with van der Waals surface area (Å²) in [6, 6.07) is 17.4. The highest BCUT2D eigenvalue weighted by atomic mass is 16.5. The molecule has 0 radical (unpaired) electrons. The molecule has 0 aliphatic heterocycles. The summed E-state index contributed by atoms with van der Waals surface area (Å²) in [5.41, 5.74) is 2.38. The number of hydrogen-bond donors (Lipinski definition) is 1. The lowest BCUT2D eigenvalue weighted by molar-refractivity contribution is -0.0577. The Morgan fingerprint density at radius 1 is 1.00 bits per heavy atom. The van der Waals surface area contributed by atoms with E-state index in [2.05, 4.69) is 4.90 Å². The molecule has 1 N–H and O–H groups in total. The van der Waals surface area contributed by atoms with Crippen LogP contribution in [0, 0.1) is 6.92 Å². The van der Waals surface area contributed by atoms with Crippen LogP contribution in [0.4, 0.5) is 0 Å². The number of hydrogen-bond acceptors (Lipinski definition) is 7. The maximum Gasteiger partial charge on any atom is 0.227 e. The molecule has 0 unspecified atom stereocenters. The number of aromatic nitrogens is 2. The summed E-state index contributed by atoms with van der Waals surface area (Å²) in [4.78, 5) is 2.14. The van der Waals surface area contributed by atoms with Crippen molar-refractivity contribution in [3.05, 3.63) is 65.9 Å². The van der Waals surface area contributed by atoms with Crippen molar-refractivity contribution in [1.82, 2.24) is 14.7 Å². The van der Waals surface area contributed by atoms with E-state index in [1.165, 1.54) is 0 Å². The SMILES string of the molecule is COCCN(Cc1c(C)nn(-c2ccccc2)c1Oc1ccc(OC)cc1)C[C@H](O)COC(C)(C)C. The monoisotopic (exact) mass is 497 g/mol. The molecule has 196 valence electrons. The Balaban J connectivity index is 1.91. The number of nitrogens with zero attached hydrogens (tertiary/aromatic N) is 3. The first-order valence-electron chi connectivity index (χ1n) is 12.2. The second-order valence-electron chi connectivity index (χ2n) is 9.70. The molecule has 8 nitrogen and oxygen atoms in total. The van der Waals surface area contributed by atoms with Crippen molar-refractivity contribution < 1.29 is 24.1 Å². The molecule has 0 aliphatic rings. The van der Waals surface area contributed by atoms with Gasteiger partial charge in [0.2, 0.25) is 5.88 Å². The molecule has 0 bridgehead atoms. The average molecular weight is 498 g/mol. The van der Waals surface area contributed by atoms with Gasteiger partial charge in [0.1, 0.15) is 11.5 Å². The molecule has 1 atom stereocenters. The van der Waals surface area contributed by atoms with Crippen LogP contribution in [0.5, 0.6) is 17.4 Å². The van der Waals surface area contributed by atoms with Crippen molar-refractivity contribution in [2.24, 2.45) is 0 Å². The van der Waals surface area contributed by atoms with Crippen molar-refractivity contribution in [3.8, 4) is 23.1 Å². The van der Waals surface area contributed by atoms with Crippen molar-refractivity contribution in [1.29, 1.82) is 0 Å². The second-order valence-corrected chi connectivity index (χ2v) is 9.70. The molecule has 36 heavy (non-hydrogen) atoms. The van der Waals surface area contributed by atoms with E-state index < -0.39 is 6.10 Å². The highest BCUT2D eigenvalue weighted by Gasteiger charge is 2.23. The molecule has 0 aliphatic carbocycles. The zero-order valence-electron chi connectivity index (χ0n) is 22.2. The summed E-state index contributed by atoms with van der Waals surface area (Å²) in [7, 11) is 3.31. The van der Waals surface area contributed by atoms with Gasteiger partial charge in [0.15, 0.2) is 0 Å². The standard InChI is InChI=1S/C28H39N3O5/c1-21-26(19-30(16-17-33-5)18-23(32)20-35-28(2,3)4)27(31(29-21)22-10-8-7-9-11-22)36-25-14-12-24(34-6)13-15-25/h7-15,23,32H,16-20H2,1-6H3/t23-/m0/s1. The third kappa shape index (κ3) is 8.06. The summed E-state index contributed by atoms with van der Waals surface area (Å²) in [5, 5.41) is 15.5. The van der Waals surface area contributed by atoms with Gasteiger partial charge in [-0.25, -0.2) is 4.68 Å². The van der Waals surface area contributed by atoms with Crippen LogP contribution in [0.25, 0.3) is 5.69 Å². The summed E-state index contributed by atoms with van der Waals surface area (Å²) in [5.74, 6) is 2.07. The Bertz CT molecular complexity index is 1060. The Kier molecular flexibility index (Phi) is 9.89. The van der Waals surface area contributed by atoms with Crippen LogP contribution in [0.2, 0.25) is 0 Å². The number of aryl methyl sites for hydroxylation is 1. The third-order valence-corrected chi connectivity index (χ3v) is 5.58. The second kappa shape index (κ2) is 12.9. The molecular weight excluding hydrogens is 458 g/mol. The predicted molar refractivity (Wildman–Crippen MR) is 140 cm³/mol. The van der Waals surface area contributed by atoms with Gasteiger partial charge in [-0.1, -0.05) is 18.2 Å². The van der Waals surface area contributed by atoms with Crippen LogP contribution in [0.3, 0.4) is 0 Å². The molecule has 8 heteroatoms. The molecule has 1 aromatic heterocycles. The van der Waals surface area contributed by atoms with Gasteiger partial charge in [-0.3, -0.25) is 4.90 Å². The lowest BCUT2D eigenvalue weighted by atomic mass is 10.2. The van der Waals surface area contributed by atoms with Crippen molar-refractivity contribution in [2.75, 3.05) is 40.5 Å². The summed E-state index contributed by atoms with van der Waals surface area (Å²) < 4.78 is 24.7. The molecule has 0 spiro atoms. The van der Waals surface area contributed by atoms with Gasteiger partial charge in [-0.15, -0.1) is 0 Å². The molecule has 1 heterocycles. The van der Waals surface area contributed by atoms with Gasteiger partial charge in [-0.05, 0) is 64.1 Å². The van der Waals surface area contributed by atoms with Crippen LogP contribution in [0.15, 0.2) is 54.6 Å². The zero-order valence-corrected chi connectivity index (χ0v) is 22.2. The van der Waals surface area contributed by atoms with Gasteiger partial charge in [0, 0.05) is 26.7 Å². The van der Waals surface area contributed by atoms with Crippen LogP contribution < -0.4 is 9.47 Å². The fourth-order valence-electron chi connectivity index (χ4n) is 3.70. The van der Waals surface area contributed by atoms with Gasteiger partial charge < -0.3 is 24.1 Å². The smallest absolute Gasteiger partial charge is 0.227 e. The summed E-state index contributed by atoms with van der Waals surface area (Å²) >= 11 is 0. The predicted octanol–water partition coefficient (Wildman–Crippen LogP) is 4.61. The normalized spacial score (nSPS) is 12.7. The minimum absolute atomic E-state index is 0.254. The maximum absolute atomic E-state index is 10.7. The number of benzene rings is 2. The van der Waals surface area contributed by atoms with Crippen LogP contribution in [-0.2, 0) is 16.0 Å². The van der Waals surface area contributed by atoms with Crippen molar-refractivity contribution in [3.63, 3.8) is 0 Å². The number of methoxy groups -OCH3 is 2. The number of aliphatic hydroxyl groups is 1. The minimum Gasteiger partial charge on any atom is -0.497 e. The molecule has 3 aromatic rings. The topological polar surface area (TPSA) is 78.2 Å². The fraction of sp³-hybridized carbons (Fsp3) is 0.464. The molecular formula is C28H39N3O5. The van der Waals surface area contributed by atoms with Crippen molar-refractivity contribution in [2.45, 2.75) is 45.9 Å². The Morgan fingerprint density at radius 3 is 2.28 bits per heavy atom. The first kappa shape index (κ1) is 27.7. The van der Waals surface area contributed by atoms with Gasteiger partial charge >= 0.3 is 0 Å². The van der Waals surface area contributed by atoms with Crippen LogP contribution in [0.1, 0.15) is 32.0 Å². The van der Waals surface area contributed by atoms with Crippen LogP contribution >= 0.6 is 0 Å². The van der Waals surface area contributed by atoms with E-state index in [1.807, 2.05) is 87.0 Å². The highest BCUT2D eigenvalue weighted by Crippen LogP contribution is 2.32. The highest BCUT2D eigenvalue weighted by molar-refractivity contribution is 5.44. The van der Waals surface area contributed by atoms with Gasteiger partial charge in [0.05, 0.1) is 49.0 Å². The number of ether oxygens (including phenoxy) is 4. The first-order valence-corrected chi connectivity index (χ1v) is 12.2. The largest absolute Gasteiger partial charge is 0.497 e. The lowest BCUT2D eigenvalue weighted by Crippen LogP contribution is -2.38. The van der Waals surface area contributed by atoms with E-state index in [0.29, 0.717) is 37.9 Å².